The number of nitrogens with one attached hydrogen (secondary N) is 1. The molecule has 3 heterocycles. The normalized spacial score (nSPS) is 14.5. The predicted octanol–water partition coefficient (Wildman–Crippen LogP) is 2.89. The van der Waals surface area contributed by atoms with Gasteiger partial charge in [-0.15, -0.1) is 5.10 Å². The van der Waals surface area contributed by atoms with Gasteiger partial charge in [-0.25, -0.2) is 9.50 Å². The van der Waals surface area contributed by atoms with Crippen molar-refractivity contribution in [3.63, 3.8) is 0 Å². The summed E-state index contributed by atoms with van der Waals surface area (Å²) in [5, 5.41) is 17.8. The molecule has 1 aliphatic rings. The number of ether oxygens (including phenoxy) is 1. The number of aliphatic hydroxyl groups excluding tert-OH is 1. The number of alkyl halides is 2. The number of hydrogen-bond donors (Lipinski definition) is 2. The maximum atomic E-state index is 12.8. The quantitative estimate of drug-likeness (QED) is 0.672. The smallest absolute Gasteiger partial charge is 0.388 e. The molecule has 0 aromatic carbocycles. The Hall–Kier alpha value is -3.08. The molecule has 1 saturated carbocycles. The molecule has 11 heteroatoms. The van der Waals surface area contributed by atoms with E-state index in [1.807, 2.05) is 0 Å². The van der Waals surface area contributed by atoms with Gasteiger partial charge in [0.2, 0.25) is 0 Å². The summed E-state index contributed by atoms with van der Waals surface area (Å²) in [6.45, 7) is -3.03. The molecular formula is C18H22F2N6O3. The standard InChI is InChI=1S/C17H18F2N6O2.CH4O/c18-17(19)27-16-13(10-25(23-16)11-5-2-1-3-6-11)22-15(26)12-9-21-24-8-4-7-20-14(12)24;1-2/h4,7-11,17H,1-3,5-6H2,(H,22,26);2H,1H3. The predicted molar refractivity (Wildman–Crippen MR) is 100 cm³/mol. The number of amides is 1. The van der Waals surface area contributed by atoms with Crippen molar-refractivity contribution in [2.45, 2.75) is 44.8 Å². The van der Waals surface area contributed by atoms with Crippen LogP contribution in [0.4, 0.5) is 14.5 Å². The summed E-state index contributed by atoms with van der Waals surface area (Å²) < 4.78 is 33.1. The molecule has 3 aromatic heterocycles. The first kappa shape index (κ1) is 20.6. The van der Waals surface area contributed by atoms with Crippen molar-refractivity contribution in [1.29, 1.82) is 0 Å². The highest BCUT2D eigenvalue weighted by atomic mass is 19.3. The fourth-order valence-electron chi connectivity index (χ4n) is 3.34. The Morgan fingerprint density at radius 3 is 2.79 bits per heavy atom. The molecule has 29 heavy (non-hydrogen) atoms. The molecule has 0 saturated heterocycles. The van der Waals surface area contributed by atoms with Crippen LogP contribution in [-0.2, 0) is 0 Å². The lowest BCUT2D eigenvalue weighted by Crippen LogP contribution is -2.13. The highest BCUT2D eigenvalue weighted by molar-refractivity contribution is 6.08. The molecule has 9 nitrogen and oxygen atoms in total. The molecule has 3 aromatic rings. The van der Waals surface area contributed by atoms with Crippen LogP contribution in [-0.4, -0.2) is 49.1 Å². The second kappa shape index (κ2) is 9.41. The lowest BCUT2D eigenvalue weighted by molar-refractivity contribution is -0.0529. The van der Waals surface area contributed by atoms with Crippen LogP contribution in [0.2, 0.25) is 0 Å². The monoisotopic (exact) mass is 408 g/mol. The van der Waals surface area contributed by atoms with Crippen LogP contribution in [0.5, 0.6) is 5.88 Å². The first-order valence-corrected chi connectivity index (χ1v) is 9.20. The van der Waals surface area contributed by atoms with Crippen molar-refractivity contribution >= 4 is 17.2 Å². The van der Waals surface area contributed by atoms with E-state index in [4.69, 9.17) is 5.11 Å². The molecule has 1 aliphatic carbocycles. The molecule has 1 amide bonds. The summed E-state index contributed by atoms with van der Waals surface area (Å²) >= 11 is 0. The number of carbonyl (C=O) groups excluding carboxylic acids is 1. The zero-order valence-electron chi connectivity index (χ0n) is 15.8. The van der Waals surface area contributed by atoms with Gasteiger partial charge in [0.15, 0.2) is 5.65 Å². The lowest BCUT2D eigenvalue weighted by atomic mass is 9.96. The van der Waals surface area contributed by atoms with E-state index in [1.54, 1.807) is 29.3 Å². The SMILES string of the molecule is CO.O=C(Nc1cn(C2CCCCC2)nc1OC(F)F)c1cnn2cccnc12. The summed E-state index contributed by atoms with van der Waals surface area (Å²) in [7, 11) is 1.00. The molecule has 0 radical (unpaired) electrons. The number of rotatable bonds is 5. The van der Waals surface area contributed by atoms with Crippen LogP contribution in [0.25, 0.3) is 5.65 Å². The second-order valence-electron chi connectivity index (χ2n) is 6.40. The van der Waals surface area contributed by atoms with Crippen molar-refractivity contribution in [2.75, 3.05) is 12.4 Å². The van der Waals surface area contributed by atoms with Gasteiger partial charge in [0.25, 0.3) is 11.8 Å². The van der Waals surface area contributed by atoms with E-state index in [0.29, 0.717) is 5.65 Å². The van der Waals surface area contributed by atoms with E-state index in [1.165, 1.54) is 10.7 Å². The third-order valence-electron chi connectivity index (χ3n) is 4.62. The van der Waals surface area contributed by atoms with Crippen molar-refractivity contribution in [1.82, 2.24) is 24.4 Å². The minimum atomic E-state index is -3.03. The van der Waals surface area contributed by atoms with E-state index in [2.05, 4.69) is 25.2 Å². The average molecular weight is 408 g/mol. The van der Waals surface area contributed by atoms with Gasteiger partial charge in [-0.2, -0.15) is 13.9 Å². The Morgan fingerprint density at radius 2 is 2.07 bits per heavy atom. The first-order valence-electron chi connectivity index (χ1n) is 9.20. The van der Waals surface area contributed by atoms with Gasteiger partial charge in [-0.1, -0.05) is 19.3 Å². The number of hydrogen-bond acceptors (Lipinski definition) is 6. The summed E-state index contributed by atoms with van der Waals surface area (Å²) in [6, 6.07) is 1.80. The van der Waals surface area contributed by atoms with Crippen LogP contribution in [0.3, 0.4) is 0 Å². The number of aliphatic hydroxyl groups is 1. The van der Waals surface area contributed by atoms with Crippen LogP contribution in [0.1, 0.15) is 48.5 Å². The van der Waals surface area contributed by atoms with Crippen LogP contribution >= 0.6 is 0 Å². The minimum absolute atomic E-state index is 0.0983. The van der Waals surface area contributed by atoms with E-state index in [9.17, 15) is 13.6 Å². The molecule has 0 bridgehead atoms. The van der Waals surface area contributed by atoms with E-state index in [0.717, 1.165) is 39.2 Å². The highest BCUT2D eigenvalue weighted by Gasteiger charge is 2.23. The van der Waals surface area contributed by atoms with Crippen molar-refractivity contribution in [2.24, 2.45) is 0 Å². The van der Waals surface area contributed by atoms with Gasteiger partial charge in [0.1, 0.15) is 11.3 Å². The fraction of sp³-hybridized carbons (Fsp3) is 0.444. The number of anilines is 1. The summed E-state index contributed by atoms with van der Waals surface area (Å²) in [5.41, 5.74) is 0.691. The number of carbonyl (C=O) groups is 1. The van der Waals surface area contributed by atoms with Gasteiger partial charge >= 0.3 is 6.61 Å². The maximum absolute atomic E-state index is 12.8. The Balaban J connectivity index is 0.00000117. The fourth-order valence-corrected chi connectivity index (χ4v) is 3.34. The van der Waals surface area contributed by atoms with E-state index >= 15 is 0 Å². The van der Waals surface area contributed by atoms with Gasteiger partial charge in [0.05, 0.1) is 18.4 Å². The van der Waals surface area contributed by atoms with Crippen LogP contribution in [0.15, 0.2) is 30.9 Å². The van der Waals surface area contributed by atoms with Crippen molar-refractivity contribution < 1.29 is 23.4 Å². The minimum Gasteiger partial charge on any atom is -0.413 e. The molecule has 1 fully saturated rings. The average Bonchev–Trinajstić information content (AvgIpc) is 3.34. The Morgan fingerprint density at radius 1 is 1.31 bits per heavy atom. The Kier molecular flexibility index (Phi) is 6.70. The van der Waals surface area contributed by atoms with Gasteiger partial charge < -0.3 is 15.2 Å². The third kappa shape index (κ3) is 4.67. The van der Waals surface area contributed by atoms with E-state index < -0.39 is 12.5 Å². The van der Waals surface area contributed by atoms with Gasteiger partial charge in [0, 0.05) is 19.5 Å². The topological polar surface area (TPSA) is 107 Å². The number of aromatic nitrogens is 5. The van der Waals surface area contributed by atoms with Crippen LogP contribution < -0.4 is 10.1 Å². The van der Waals surface area contributed by atoms with Crippen LogP contribution in [0, 0.1) is 0 Å². The third-order valence-corrected chi connectivity index (χ3v) is 4.62. The summed E-state index contributed by atoms with van der Waals surface area (Å²) in [4.78, 5) is 16.7. The van der Waals surface area contributed by atoms with Gasteiger partial charge in [-0.05, 0) is 18.9 Å². The van der Waals surface area contributed by atoms with Crippen molar-refractivity contribution in [3.8, 4) is 5.88 Å². The molecular weight excluding hydrogens is 386 g/mol. The van der Waals surface area contributed by atoms with Crippen molar-refractivity contribution in [3.05, 3.63) is 36.4 Å². The lowest BCUT2D eigenvalue weighted by Gasteiger charge is -2.21. The summed E-state index contributed by atoms with van der Waals surface area (Å²) in [6.07, 6.45) is 11.2. The molecule has 0 spiro atoms. The zero-order chi connectivity index (χ0) is 20.8. The molecule has 2 N–H and O–H groups in total. The molecule has 0 unspecified atom stereocenters. The Bertz CT molecular complexity index is 952. The second-order valence-corrected chi connectivity index (χ2v) is 6.40. The largest absolute Gasteiger partial charge is 0.413 e. The summed E-state index contributed by atoms with van der Waals surface area (Å²) in [5.74, 6) is -0.820. The zero-order valence-corrected chi connectivity index (χ0v) is 15.8. The molecule has 4 rings (SSSR count). The molecule has 0 aliphatic heterocycles. The number of halogens is 2. The number of fused-ring (bicyclic) bond motifs is 1. The maximum Gasteiger partial charge on any atom is 0.388 e. The Labute approximate surface area is 165 Å². The van der Waals surface area contributed by atoms with Gasteiger partial charge in [-0.3, -0.25) is 9.48 Å². The van der Waals surface area contributed by atoms with E-state index in [-0.39, 0.29) is 23.2 Å². The molecule has 0 atom stereocenters. The first-order chi connectivity index (χ1) is 14.1. The molecule has 156 valence electrons. The number of nitrogens with zero attached hydrogens (tertiary/aromatic N) is 5. The highest BCUT2D eigenvalue weighted by Crippen LogP contribution is 2.32.